The van der Waals surface area contributed by atoms with E-state index in [0.717, 1.165) is 24.4 Å². The van der Waals surface area contributed by atoms with Gasteiger partial charge in [-0.1, -0.05) is 30.3 Å². The van der Waals surface area contributed by atoms with Gasteiger partial charge >= 0.3 is 0 Å². The molecule has 3 rings (SSSR count). The summed E-state index contributed by atoms with van der Waals surface area (Å²) in [6, 6.07) is 15.5. The lowest BCUT2D eigenvalue weighted by Crippen LogP contribution is -2.41. The van der Waals surface area contributed by atoms with Gasteiger partial charge in [-0.25, -0.2) is 4.39 Å². The summed E-state index contributed by atoms with van der Waals surface area (Å²) in [5.74, 6) is 0.623. The van der Waals surface area contributed by atoms with Crippen LogP contribution in [-0.2, 0) is 12.0 Å². The molecule has 2 aromatic carbocycles. The van der Waals surface area contributed by atoms with Gasteiger partial charge in [0.15, 0.2) is 5.96 Å². The minimum Gasteiger partial charge on any atom is -0.378 e. The van der Waals surface area contributed by atoms with Crippen molar-refractivity contribution in [1.82, 2.24) is 10.6 Å². The number of aliphatic imine (C=N–C) groups is 1. The van der Waals surface area contributed by atoms with E-state index in [1.165, 1.54) is 11.3 Å². The maximum absolute atomic E-state index is 14.1. The molecule has 0 aliphatic heterocycles. The second kappa shape index (κ2) is 7.77. The van der Waals surface area contributed by atoms with Gasteiger partial charge in [-0.2, -0.15) is 0 Å². The van der Waals surface area contributed by atoms with Crippen LogP contribution in [0.25, 0.3) is 0 Å². The van der Waals surface area contributed by atoms with Crippen LogP contribution in [0.3, 0.4) is 0 Å². The quantitative estimate of drug-likeness (QED) is 0.618. The van der Waals surface area contributed by atoms with E-state index >= 15 is 0 Å². The maximum Gasteiger partial charge on any atom is 0.191 e. The number of nitrogens with one attached hydrogen (secondary N) is 2. The highest BCUT2D eigenvalue weighted by Gasteiger charge is 2.45. The molecule has 0 heterocycles. The first-order chi connectivity index (χ1) is 12.5. The molecule has 1 saturated carbocycles. The molecule has 1 fully saturated rings. The van der Waals surface area contributed by atoms with Crippen LogP contribution in [-0.4, -0.2) is 33.6 Å². The summed E-state index contributed by atoms with van der Waals surface area (Å²) >= 11 is 0. The molecule has 0 spiro atoms. The first-order valence-electron chi connectivity index (χ1n) is 9.00. The van der Waals surface area contributed by atoms with Crippen LogP contribution in [0.1, 0.15) is 24.0 Å². The predicted octanol–water partition coefficient (Wildman–Crippen LogP) is 3.29. The van der Waals surface area contributed by atoms with Crippen LogP contribution in [0, 0.1) is 5.82 Å². The zero-order valence-electron chi connectivity index (χ0n) is 15.7. The molecule has 26 heavy (non-hydrogen) atoms. The van der Waals surface area contributed by atoms with Crippen LogP contribution in [0.5, 0.6) is 0 Å². The first kappa shape index (κ1) is 18.2. The fourth-order valence-corrected chi connectivity index (χ4v) is 3.19. The summed E-state index contributed by atoms with van der Waals surface area (Å²) in [5.41, 5.74) is 3.06. The van der Waals surface area contributed by atoms with Crippen molar-refractivity contribution in [3.8, 4) is 0 Å². The van der Waals surface area contributed by atoms with E-state index in [1.807, 2.05) is 26.2 Å². The average Bonchev–Trinajstić information content (AvgIpc) is 3.43. The van der Waals surface area contributed by atoms with E-state index < -0.39 is 0 Å². The van der Waals surface area contributed by atoms with Gasteiger partial charge in [-0.3, -0.25) is 4.99 Å². The van der Waals surface area contributed by atoms with Gasteiger partial charge in [0, 0.05) is 45.3 Å². The fourth-order valence-electron chi connectivity index (χ4n) is 3.19. The summed E-state index contributed by atoms with van der Waals surface area (Å²) in [7, 11) is 5.82. The van der Waals surface area contributed by atoms with Gasteiger partial charge in [0.2, 0.25) is 0 Å². The number of rotatable bonds is 6. The third-order valence-corrected chi connectivity index (χ3v) is 5.00. The molecule has 2 N–H and O–H groups in total. The van der Waals surface area contributed by atoms with E-state index in [9.17, 15) is 4.39 Å². The van der Waals surface area contributed by atoms with Gasteiger partial charge in [0.25, 0.3) is 0 Å². The van der Waals surface area contributed by atoms with Crippen LogP contribution < -0.4 is 15.5 Å². The molecule has 0 unspecified atom stereocenters. The number of hydrogen-bond acceptors (Lipinski definition) is 2. The topological polar surface area (TPSA) is 39.7 Å². The van der Waals surface area contributed by atoms with E-state index in [1.54, 1.807) is 19.2 Å². The normalized spacial score (nSPS) is 15.5. The molecule has 5 heteroatoms. The zero-order chi connectivity index (χ0) is 18.6. The molecule has 0 bridgehead atoms. The lowest BCUT2D eigenvalue weighted by Gasteiger charge is -2.20. The van der Waals surface area contributed by atoms with Crippen molar-refractivity contribution < 1.29 is 4.39 Å². The minimum absolute atomic E-state index is 0.103. The number of hydrogen-bond donors (Lipinski definition) is 2. The predicted molar refractivity (Wildman–Crippen MR) is 106 cm³/mol. The summed E-state index contributed by atoms with van der Waals surface area (Å²) in [5, 5.41) is 6.71. The van der Waals surface area contributed by atoms with Crippen molar-refractivity contribution >= 4 is 11.6 Å². The third-order valence-electron chi connectivity index (χ3n) is 5.00. The SMILES string of the molecule is CN=C(NCc1cccc(N(C)C)c1)NCC1(c2ccccc2F)CC1. The van der Waals surface area contributed by atoms with Gasteiger partial charge in [-0.15, -0.1) is 0 Å². The Hall–Kier alpha value is -2.56. The van der Waals surface area contributed by atoms with Crippen molar-refractivity contribution in [2.45, 2.75) is 24.8 Å². The fraction of sp³-hybridized carbons (Fsp3) is 0.381. The first-order valence-corrected chi connectivity index (χ1v) is 9.00. The third kappa shape index (κ3) is 4.15. The van der Waals surface area contributed by atoms with Crippen LogP contribution in [0.15, 0.2) is 53.5 Å². The molecule has 0 radical (unpaired) electrons. The Morgan fingerprint density at radius 3 is 2.54 bits per heavy atom. The maximum atomic E-state index is 14.1. The van der Waals surface area contributed by atoms with Gasteiger partial charge in [-0.05, 0) is 42.2 Å². The van der Waals surface area contributed by atoms with E-state index in [-0.39, 0.29) is 11.2 Å². The van der Waals surface area contributed by atoms with Crippen molar-refractivity contribution in [3.63, 3.8) is 0 Å². The molecular formula is C21H27FN4. The lowest BCUT2D eigenvalue weighted by molar-refractivity contribution is 0.559. The average molecular weight is 354 g/mol. The molecule has 0 saturated heterocycles. The Bertz CT molecular complexity index is 781. The van der Waals surface area contributed by atoms with Crippen LogP contribution in [0.4, 0.5) is 10.1 Å². The second-order valence-electron chi connectivity index (χ2n) is 7.10. The molecule has 0 aromatic heterocycles. The second-order valence-corrected chi connectivity index (χ2v) is 7.10. The van der Waals surface area contributed by atoms with Gasteiger partial charge < -0.3 is 15.5 Å². The summed E-state index contributed by atoms with van der Waals surface area (Å²) in [6.07, 6.45) is 2.01. The number of halogens is 1. The molecule has 1 aliphatic carbocycles. The zero-order valence-corrected chi connectivity index (χ0v) is 15.7. The van der Waals surface area contributed by atoms with Gasteiger partial charge in [0.05, 0.1) is 0 Å². The highest BCUT2D eigenvalue weighted by molar-refractivity contribution is 5.79. The van der Waals surface area contributed by atoms with Crippen LogP contribution in [0.2, 0.25) is 0 Å². The Morgan fingerprint density at radius 1 is 1.12 bits per heavy atom. The number of nitrogens with zero attached hydrogens (tertiary/aromatic N) is 2. The Kier molecular flexibility index (Phi) is 5.45. The molecule has 138 valence electrons. The smallest absolute Gasteiger partial charge is 0.191 e. The van der Waals surface area contributed by atoms with Crippen molar-refractivity contribution in [2.75, 3.05) is 32.6 Å². The van der Waals surface area contributed by atoms with Crippen molar-refractivity contribution in [3.05, 3.63) is 65.5 Å². The summed E-state index contributed by atoms with van der Waals surface area (Å²) < 4.78 is 14.1. The minimum atomic E-state index is -0.116. The molecular weight excluding hydrogens is 327 g/mol. The number of anilines is 1. The van der Waals surface area contributed by atoms with E-state index in [0.29, 0.717) is 13.1 Å². The van der Waals surface area contributed by atoms with Crippen molar-refractivity contribution in [2.24, 2.45) is 4.99 Å². The summed E-state index contributed by atoms with van der Waals surface area (Å²) in [6.45, 7) is 1.37. The highest BCUT2D eigenvalue weighted by Crippen LogP contribution is 2.48. The van der Waals surface area contributed by atoms with E-state index in [4.69, 9.17) is 0 Å². The number of guanidine groups is 1. The number of benzene rings is 2. The van der Waals surface area contributed by atoms with Gasteiger partial charge in [0.1, 0.15) is 5.82 Å². The molecule has 2 aromatic rings. The molecule has 0 amide bonds. The Balaban J connectivity index is 1.58. The van der Waals surface area contributed by atoms with E-state index in [2.05, 4.69) is 44.8 Å². The molecule has 0 atom stereocenters. The Morgan fingerprint density at radius 2 is 1.88 bits per heavy atom. The molecule has 1 aliphatic rings. The summed E-state index contributed by atoms with van der Waals surface area (Å²) in [4.78, 5) is 6.38. The Labute approximate surface area is 155 Å². The standard InChI is InChI=1S/C21H27FN4/c1-23-20(24-14-16-7-6-8-17(13-16)26(2)3)25-15-21(11-12-21)18-9-4-5-10-19(18)22/h4-10,13H,11-12,14-15H2,1-3H3,(H2,23,24,25). The monoisotopic (exact) mass is 354 g/mol. The largest absolute Gasteiger partial charge is 0.378 e. The van der Waals surface area contributed by atoms with Crippen LogP contribution >= 0.6 is 0 Å². The molecule has 4 nitrogen and oxygen atoms in total. The lowest BCUT2D eigenvalue weighted by atomic mass is 9.95. The highest BCUT2D eigenvalue weighted by atomic mass is 19.1. The van der Waals surface area contributed by atoms with Crippen molar-refractivity contribution in [1.29, 1.82) is 0 Å².